The largest absolute Gasteiger partial charge is 0.342 e. The van der Waals surface area contributed by atoms with E-state index in [1.165, 1.54) is 0 Å². The predicted molar refractivity (Wildman–Crippen MR) is 77.5 cm³/mol. The van der Waals surface area contributed by atoms with Crippen LogP contribution in [-0.4, -0.2) is 23.9 Å². The molecule has 0 spiro atoms. The molecule has 1 fully saturated rings. The van der Waals surface area contributed by atoms with Crippen LogP contribution in [0.5, 0.6) is 0 Å². The molecular weight excluding hydrogens is 236 g/mol. The summed E-state index contributed by atoms with van der Waals surface area (Å²) in [7, 11) is 0. The molecule has 0 bridgehead atoms. The van der Waals surface area contributed by atoms with Gasteiger partial charge in [0.25, 0.3) is 0 Å². The quantitative estimate of drug-likeness (QED) is 0.904. The summed E-state index contributed by atoms with van der Waals surface area (Å²) in [6, 6.07) is 9.68. The molecule has 0 aliphatic carbocycles. The zero-order valence-corrected chi connectivity index (χ0v) is 11.9. The molecule has 0 radical (unpaired) electrons. The number of rotatable bonds is 4. The Balaban J connectivity index is 1.99. The predicted octanol–water partition coefficient (Wildman–Crippen LogP) is 2.58. The zero-order valence-electron chi connectivity index (χ0n) is 11.9. The van der Waals surface area contributed by atoms with Gasteiger partial charge in [-0.2, -0.15) is 0 Å². The summed E-state index contributed by atoms with van der Waals surface area (Å²) >= 11 is 0. The van der Waals surface area contributed by atoms with E-state index in [1.807, 2.05) is 42.2 Å². The normalized spacial score (nSPS) is 22.3. The molecule has 104 valence electrons. The zero-order chi connectivity index (χ0) is 13.8. The minimum atomic E-state index is -0.214. The van der Waals surface area contributed by atoms with Crippen molar-refractivity contribution in [3.8, 4) is 0 Å². The minimum absolute atomic E-state index is 0.155. The summed E-state index contributed by atoms with van der Waals surface area (Å²) < 4.78 is 0. The molecule has 19 heavy (non-hydrogen) atoms. The van der Waals surface area contributed by atoms with Crippen LogP contribution in [0.3, 0.4) is 0 Å². The van der Waals surface area contributed by atoms with Crippen LogP contribution in [0.25, 0.3) is 0 Å². The Morgan fingerprint density at radius 1 is 1.42 bits per heavy atom. The highest BCUT2D eigenvalue weighted by atomic mass is 16.2. The molecule has 3 nitrogen and oxygen atoms in total. The van der Waals surface area contributed by atoms with Crippen molar-refractivity contribution in [3.05, 3.63) is 35.9 Å². The fourth-order valence-corrected chi connectivity index (χ4v) is 2.77. The van der Waals surface area contributed by atoms with E-state index in [9.17, 15) is 4.79 Å². The Bertz CT molecular complexity index is 418. The molecule has 1 aliphatic heterocycles. The lowest BCUT2D eigenvalue weighted by Crippen LogP contribution is -2.38. The van der Waals surface area contributed by atoms with E-state index in [4.69, 9.17) is 5.73 Å². The van der Waals surface area contributed by atoms with E-state index in [-0.39, 0.29) is 17.9 Å². The maximum absolute atomic E-state index is 12.5. The van der Waals surface area contributed by atoms with Crippen LogP contribution >= 0.6 is 0 Å². The van der Waals surface area contributed by atoms with Gasteiger partial charge in [0.1, 0.15) is 0 Å². The van der Waals surface area contributed by atoms with Crippen molar-refractivity contribution in [2.75, 3.05) is 13.1 Å². The molecule has 3 unspecified atom stereocenters. The number of benzene rings is 1. The number of nitrogens with zero attached hydrogens (tertiary/aromatic N) is 1. The van der Waals surface area contributed by atoms with Gasteiger partial charge in [0.2, 0.25) is 5.91 Å². The molecule has 3 atom stereocenters. The number of carbonyl (C=O) groups is 1. The molecule has 1 aromatic carbocycles. The SMILES string of the molecule is CCC1CCN(C(=O)C(C)C(N)c2ccccc2)C1. The van der Waals surface area contributed by atoms with Crippen LogP contribution in [0.4, 0.5) is 0 Å². The van der Waals surface area contributed by atoms with E-state index >= 15 is 0 Å². The number of hydrogen-bond acceptors (Lipinski definition) is 2. The number of amides is 1. The van der Waals surface area contributed by atoms with Crippen LogP contribution in [0.15, 0.2) is 30.3 Å². The number of nitrogens with two attached hydrogens (primary N) is 1. The van der Waals surface area contributed by atoms with Crippen LogP contribution in [0.1, 0.15) is 38.3 Å². The summed E-state index contributed by atoms with van der Waals surface area (Å²) in [5.41, 5.74) is 7.26. The molecule has 1 aliphatic rings. The molecular formula is C16H24N2O. The van der Waals surface area contributed by atoms with Crippen LogP contribution < -0.4 is 5.73 Å². The molecule has 2 rings (SSSR count). The Labute approximate surface area is 115 Å². The van der Waals surface area contributed by atoms with E-state index < -0.39 is 0 Å². The molecule has 1 aromatic rings. The third-order valence-corrected chi connectivity index (χ3v) is 4.29. The number of hydrogen-bond donors (Lipinski definition) is 1. The van der Waals surface area contributed by atoms with Crippen LogP contribution in [0.2, 0.25) is 0 Å². The van der Waals surface area contributed by atoms with Gasteiger partial charge in [-0.15, -0.1) is 0 Å². The van der Waals surface area contributed by atoms with Gasteiger partial charge in [-0.25, -0.2) is 0 Å². The van der Waals surface area contributed by atoms with E-state index in [0.717, 1.165) is 31.5 Å². The summed E-state index contributed by atoms with van der Waals surface area (Å²) in [4.78, 5) is 14.5. The number of likely N-dealkylation sites (tertiary alicyclic amines) is 1. The average Bonchev–Trinajstić information content (AvgIpc) is 2.94. The van der Waals surface area contributed by atoms with Crippen molar-refractivity contribution in [2.24, 2.45) is 17.6 Å². The fourth-order valence-electron chi connectivity index (χ4n) is 2.77. The summed E-state index contributed by atoms with van der Waals surface area (Å²) in [6.07, 6.45) is 2.29. The highest BCUT2D eigenvalue weighted by molar-refractivity contribution is 5.79. The number of carbonyl (C=O) groups excluding carboxylic acids is 1. The molecule has 2 N–H and O–H groups in total. The van der Waals surface area contributed by atoms with Gasteiger partial charge in [0.05, 0.1) is 5.92 Å². The lowest BCUT2D eigenvalue weighted by molar-refractivity contribution is -0.134. The van der Waals surface area contributed by atoms with Gasteiger partial charge < -0.3 is 10.6 Å². The Morgan fingerprint density at radius 3 is 2.68 bits per heavy atom. The highest BCUT2D eigenvalue weighted by Gasteiger charge is 2.31. The standard InChI is InChI=1S/C16H24N2O/c1-3-13-9-10-18(11-13)16(19)12(2)15(17)14-7-5-4-6-8-14/h4-8,12-13,15H,3,9-11,17H2,1-2H3. The maximum atomic E-state index is 12.5. The second kappa shape index (κ2) is 6.20. The Kier molecular flexibility index (Phi) is 4.59. The Hall–Kier alpha value is -1.35. The molecule has 1 amide bonds. The first kappa shape index (κ1) is 14.1. The third kappa shape index (κ3) is 3.16. The highest BCUT2D eigenvalue weighted by Crippen LogP contribution is 2.25. The van der Waals surface area contributed by atoms with Gasteiger partial charge in [-0.3, -0.25) is 4.79 Å². The summed E-state index contributed by atoms with van der Waals surface area (Å²) in [5.74, 6) is 0.717. The van der Waals surface area contributed by atoms with Crippen molar-refractivity contribution in [1.82, 2.24) is 4.90 Å². The van der Waals surface area contributed by atoms with Gasteiger partial charge >= 0.3 is 0 Å². The lowest BCUT2D eigenvalue weighted by atomic mass is 9.94. The van der Waals surface area contributed by atoms with Crippen molar-refractivity contribution in [2.45, 2.75) is 32.7 Å². The molecule has 1 heterocycles. The average molecular weight is 260 g/mol. The second-order valence-corrected chi connectivity index (χ2v) is 5.57. The molecule has 0 aromatic heterocycles. The molecule has 1 saturated heterocycles. The van der Waals surface area contributed by atoms with Crippen molar-refractivity contribution < 1.29 is 4.79 Å². The molecule has 0 saturated carbocycles. The van der Waals surface area contributed by atoms with E-state index in [2.05, 4.69) is 6.92 Å². The fraction of sp³-hybridized carbons (Fsp3) is 0.562. The maximum Gasteiger partial charge on any atom is 0.227 e. The van der Waals surface area contributed by atoms with Crippen LogP contribution in [0, 0.1) is 11.8 Å². The van der Waals surface area contributed by atoms with E-state index in [0.29, 0.717) is 5.92 Å². The minimum Gasteiger partial charge on any atom is -0.342 e. The van der Waals surface area contributed by atoms with Crippen molar-refractivity contribution >= 4 is 5.91 Å². The second-order valence-electron chi connectivity index (χ2n) is 5.57. The smallest absolute Gasteiger partial charge is 0.227 e. The van der Waals surface area contributed by atoms with Crippen LogP contribution in [-0.2, 0) is 4.79 Å². The van der Waals surface area contributed by atoms with Gasteiger partial charge in [0, 0.05) is 19.1 Å². The first-order valence-corrected chi connectivity index (χ1v) is 7.22. The first-order valence-electron chi connectivity index (χ1n) is 7.22. The molecule has 3 heteroatoms. The Morgan fingerprint density at radius 2 is 2.11 bits per heavy atom. The van der Waals surface area contributed by atoms with Crippen molar-refractivity contribution in [3.63, 3.8) is 0 Å². The van der Waals surface area contributed by atoms with Gasteiger partial charge in [-0.1, -0.05) is 50.6 Å². The van der Waals surface area contributed by atoms with Gasteiger partial charge in [0.15, 0.2) is 0 Å². The first-order chi connectivity index (χ1) is 9.13. The van der Waals surface area contributed by atoms with Gasteiger partial charge in [-0.05, 0) is 17.9 Å². The monoisotopic (exact) mass is 260 g/mol. The van der Waals surface area contributed by atoms with Crippen molar-refractivity contribution in [1.29, 1.82) is 0 Å². The third-order valence-electron chi connectivity index (χ3n) is 4.29. The van der Waals surface area contributed by atoms with E-state index in [1.54, 1.807) is 0 Å². The summed E-state index contributed by atoms with van der Waals surface area (Å²) in [5, 5.41) is 0. The summed E-state index contributed by atoms with van der Waals surface area (Å²) in [6.45, 7) is 5.93. The topological polar surface area (TPSA) is 46.3 Å². The lowest BCUT2D eigenvalue weighted by Gasteiger charge is -2.25.